The summed E-state index contributed by atoms with van der Waals surface area (Å²) in [5.41, 5.74) is 0.828. The van der Waals surface area contributed by atoms with E-state index in [1.165, 1.54) is 0 Å². The molecule has 22 heavy (non-hydrogen) atoms. The van der Waals surface area contributed by atoms with Gasteiger partial charge in [-0.1, -0.05) is 6.92 Å². The molecule has 6 nitrogen and oxygen atoms in total. The van der Waals surface area contributed by atoms with E-state index in [-0.39, 0.29) is 12.0 Å². The van der Waals surface area contributed by atoms with E-state index in [1.807, 2.05) is 19.9 Å². The minimum absolute atomic E-state index is 0.0284. The van der Waals surface area contributed by atoms with Crippen molar-refractivity contribution < 1.29 is 13.9 Å². The van der Waals surface area contributed by atoms with Crippen LogP contribution in [-0.4, -0.2) is 39.9 Å². The first kappa shape index (κ1) is 15.2. The number of hydrogen-bond donors (Lipinski definition) is 1. The Kier molecular flexibility index (Phi) is 4.06. The summed E-state index contributed by atoms with van der Waals surface area (Å²) in [5.74, 6) is 2.74. The number of piperidine rings is 1. The highest BCUT2D eigenvalue weighted by Gasteiger charge is 2.31. The van der Waals surface area contributed by atoms with Crippen LogP contribution < -0.4 is 0 Å². The first-order valence-electron chi connectivity index (χ1n) is 7.72. The minimum Gasteiger partial charge on any atom is -0.466 e. The fourth-order valence-electron chi connectivity index (χ4n) is 3.15. The molecule has 1 aliphatic rings. The summed E-state index contributed by atoms with van der Waals surface area (Å²) in [6.45, 7) is 8.60. The van der Waals surface area contributed by atoms with Crippen LogP contribution in [0.15, 0.2) is 14.9 Å². The molecule has 0 saturated carbocycles. The van der Waals surface area contributed by atoms with Crippen LogP contribution in [0.5, 0.6) is 0 Å². The maximum atomic E-state index is 9.53. The van der Waals surface area contributed by atoms with Crippen LogP contribution in [0.25, 0.3) is 11.5 Å². The molecule has 2 aromatic rings. The number of nitrogens with zero attached hydrogens (tertiary/aromatic N) is 3. The van der Waals surface area contributed by atoms with Gasteiger partial charge < -0.3 is 13.9 Å². The molecule has 1 fully saturated rings. The van der Waals surface area contributed by atoms with Gasteiger partial charge in [0, 0.05) is 18.6 Å². The van der Waals surface area contributed by atoms with E-state index >= 15 is 0 Å². The molecule has 0 amide bonds. The lowest BCUT2D eigenvalue weighted by Crippen LogP contribution is -2.43. The van der Waals surface area contributed by atoms with Crippen LogP contribution in [-0.2, 0) is 6.54 Å². The molecule has 2 aromatic heterocycles. The molecule has 3 heterocycles. The lowest BCUT2D eigenvalue weighted by Gasteiger charge is -2.38. The highest BCUT2D eigenvalue weighted by Crippen LogP contribution is 2.30. The van der Waals surface area contributed by atoms with Gasteiger partial charge in [0.05, 0.1) is 12.1 Å². The molecule has 0 spiro atoms. The zero-order chi connectivity index (χ0) is 15.7. The van der Waals surface area contributed by atoms with Crippen LogP contribution in [0.4, 0.5) is 0 Å². The predicted molar refractivity (Wildman–Crippen MR) is 81.2 cm³/mol. The first-order valence-corrected chi connectivity index (χ1v) is 7.72. The molecule has 120 valence electrons. The summed E-state index contributed by atoms with van der Waals surface area (Å²) in [4.78, 5) is 2.27. The molecule has 0 aromatic carbocycles. The van der Waals surface area contributed by atoms with Crippen molar-refractivity contribution in [1.82, 2.24) is 15.1 Å². The van der Waals surface area contributed by atoms with Gasteiger partial charge in [-0.3, -0.25) is 4.90 Å². The molecule has 1 N–H and O–H groups in total. The van der Waals surface area contributed by atoms with Crippen LogP contribution in [0.1, 0.15) is 37.2 Å². The SMILES string of the molecule is Cc1cc(-c2nnc(CN3CCCC(C)(CO)C3)o2)c(C)o1. The van der Waals surface area contributed by atoms with Gasteiger partial charge in [0.15, 0.2) is 0 Å². The fourth-order valence-corrected chi connectivity index (χ4v) is 3.15. The fraction of sp³-hybridized carbons (Fsp3) is 0.625. The molecule has 0 aliphatic carbocycles. The van der Waals surface area contributed by atoms with Crippen molar-refractivity contribution in [3.8, 4) is 11.5 Å². The molecule has 0 bridgehead atoms. The summed E-state index contributed by atoms with van der Waals surface area (Å²) in [6.07, 6.45) is 2.14. The quantitative estimate of drug-likeness (QED) is 0.935. The van der Waals surface area contributed by atoms with Gasteiger partial charge in [-0.2, -0.15) is 0 Å². The number of aliphatic hydroxyl groups excluding tert-OH is 1. The number of likely N-dealkylation sites (tertiary alicyclic amines) is 1. The summed E-state index contributed by atoms with van der Waals surface area (Å²) in [5, 5.41) is 17.8. The highest BCUT2D eigenvalue weighted by molar-refractivity contribution is 5.55. The van der Waals surface area contributed by atoms with Gasteiger partial charge in [-0.05, 0) is 39.3 Å². The molecule has 3 rings (SSSR count). The predicted octanol–water partition coefficient (Wildman–Crippen LogP) is 2.54. The number of aromatic nitrogens is 2. The van der Waals surface area contributed by atoms with Crippen molar-refractivity contribution in [2.24, 2.45) is 5.41 Å². The van der Waals surface area contributed by atoms with E-state index < -0.39 is 0 Å². The maximum Gasteiger partial charge on any atom is 0.251 e. The number of rotatable bonds is 4. The number of aryl methyl sites for hydroxylation is 2. The van der Waals surface area contributed by atoms with Gasteiger partial charge in [0.1, 0.15) is 11.5 Å². The third-order valence-corrected chi connectivity index (χ3v) is 4.34. The Bertz CT molecular complexity index is 649. The Morgan fingerprint density at radius 1 is 1.32 bits per heavy atom. The van der Waals surface area contributed by atoms with Crippen LogP contribution in [0.2, 0.25) is 0 Å². The monoisotopic (exact) mass is 305 g/mol. The Labute approximate surface area is 130 Å². The second-order valence-corrected chi connectivity index (χ2v) is 6.61. The number of hydrogen-bond acceptors (Lipinski definition) is 6. The molecule has 0 radical (unpaired) electrons. The second-order valence-electron chi connectivity index (χ2n) is 6.61. The standard InChI is InChI=1S/C16H23N3O3/c1-11-7-13(12(2)21-11)15-18-17-14(22-15)8-19-6-4-5-16(3,9-19)10-20/h7,20H,4-6,8-10H2,1-3H3. The van der Waals surface area contributed by atoms with Crippen molar-refractivity contribution in [3.05, 3.63) is 23.5 Å². The summed E-state index contributed by atoms with van der Waals surface area (Å²) < 4.78 is 11.3. The van der Waals surface area contributed by atoms with Crippen LogP contribution in [0, 0.1) is 19.3 Å². The first-order chi connectivity index (χ1) is 10.5. The van der Waals surface area contributed by atoms with Crippen molar-refractivity contribution in [1.29, 1.82) is 0 Å². The summed E-state index contributed by atoms with van der Waals surface area (Å²) >= 11 is 0. The molecule has 1 unspecified atom stereocenters. The largest absolute Gasteiger partial charge is 0.466 e. The van der Waals surface area contributed by atoms with E-state index in [9.17, 15) is 5.11 Å². The van der Waals surface area contributed by atoms with Crippen LogP contribution >= 0.6 is 0 Å². The van der Waals surface area contributed by atoms with Crippen LogP contribution in [0.3, 0.4) is 0 Å². The van der Waals surface area contributed by atoms with Gasteiger partial charge in [0.25, 0.3) is 5.89 Å². The van der Waals surface area contributed by atoms with Gasteiger partial charge in [-0.15, -0.1) is 10.2 Å². The van der Waals surface area contributed by atoms with E-state index in [2.05, 4.69) is 22.0 Å². The second kappa shape index (κ2) is 5.85. The zero-order valence-corrected chi connectivity index (χ0v) is 13.4. The van der Waals surface area contributed by atoms with E-state index in [0.29, 0.717) is 18.3 Å². The summed E-state index contributed by atoms with van der Waals surface area (Å²) in [7, 11) is 0. The Morgan fingerprint density at radius 2 is 2.14 bits per heavy atom. The van der Waals surface area contributed by atoms with Crippen molar-refractivity contribution in [2.45, 2.75) is 40.2 Å². The van der Waals surface area contributed by atoms with Crippen molar-refractivity contribution in [2.75, 3.05) is 19.7 Å². The van der Waals surface area contributed by atoms with E-state index in [1.54, 1.807) is 0 Å². The molecule has 1 saturated heterocycles. The average Bonchev–Trinajstić information content (AvgIpc) is 3.05. The molecular weight excluding hydrogens is 282 g/mol. The van der Waals surface area contributed by atoms with Gasteiger partial charge in [-0.25, -0.2) is 0 Å². The van der Waals surface area contributed by atoms with Crippen molar-refractivity contribution in [3.63, 3.8) is 0 Å². The Hall–Kier alpha value is -1.66. The topological polar surface area (TPSA) is 75.5 Å². The van der Waals surface area contributed by atoms with Gasteiger partial charge >= 0.3 is 0 Å². The molecule has 6 heteroatoms. The Balaban J connectivity index is 1.71. The number of furan rings is 1. The smallest absolute Gasteiger partial charge is 0.251 e. The third-order valence-electron chi connectivity index (χ3n) is 4.34. The number of aliphatic hydroxyl groups is 1. The minimum atomic E-state index is -0.0284. The summed E-state index contributed by atoms with van der Waals surface area (Å²) in [6, 6.07) is 1.91. The zero-order valence-electron chi connectivity index (χ0n) is 13.4. The molecule has 1 atom stereocenters. The van der Waals surface area contributed by atoms with Gasteiger partial charge in [0.2, 0.25) is 5.89 Å². The molecular formula is C16H23N3O3. The van der Waals surface area contributed by atoms with E-state index in [0.717, 1.165) is 43.0 Å². The Morgan fingerprint density at radius 3 is 2.82 bits per heavy atom. The van der Waals surface area contributed by atoms with E-state index in [4.69, 9.17) is 8.83 Å². The average molecular weight is 305 g/mol. The third kappa shape index (κ3) is 3.08. The lowest BCUT2D eigenvalue weighted by molar-refractivity contribution is 0.0392. The maximum absolute atomic E-state index is 9.53. The van der Waals surface area contributed by atoms with Crippen molar-refractivity contribution >= 4 is 0 Å². The molecule has 1 aliphatic heterocycles. The highest BCUT2D eigenvalue weighted by atomic mass is 16.4. The lowest BCUT2D eigenvalue weighted by atomic mass is 9.83. The normalized spacial score (nSPS) is 23.1.